The molecule has 0 radical (unpaired) electrons. The zero-order chi connectivity index (χ0) is 34.9. The Bertz CT molecular complexity index is 3000. The van der Waals surface area contributed by atoms with E-state index in [1.807, 2.05) is 0 Å². The molecule has 248 valence electrons. The summed E-state index contributed by atoms with van der Waals surface area (Å²) in [6.07, 6.45) is 0. The molecule has 0 unspecified atom stereocenters. The number of hydrogen-bond acceptors (Lipinski definition) is 2. The standard InChI is InChI=1S/C50H32N2O/c1-3-15-32(16-4-1)35-30-42(49-47(33-17-5-2-6-18-33)40-23-7-10-26-43(40)51-49)48-41-25-14-24-37(50(41)53-46(48)31-35)34-19-13-20-36(29-34)52-44-27-11-8-21-38(44)39-22-9-12-28-45(39)52/h1-31,47H/t47-/m0/s1. The Balaban J connectivity index is 1.15. The molecule has 0 amide bonds. The molecule has 2 aromatic heterocycles. The van der Waals surface area contributed by atoms with Crippen molar-refractivity contribution in [3.05, 3.63) is 205 Å². The molecule has 0 saturated carbocycles. The Hall–Kier alpha value is -6.97. The van der Waals surface area contributed by atoms with Gasteiger partial charge in [0.25, 0.3) is 0 Å². The minimum absolute atomic E-state index is 0.00217. The Morgan fingerprint density at radius 3 is 1.91 bits per heavy atom. The van der Waals surface area contributed by atoms with Gasteiger partial charge in [-0.3, -0.25) is 4.99 Å². The first kappa shape index (κ1) is 29.7. The van der Waals surface area contributed by atoms with Crippen LogP contribution in [-0.4, -0.2) is 10.3 Å². The number of aromatic nitrogens is 1. The van der Waals surface area contributed by atoms with Crippen LogP contribution in [0.25, 0.3) is 71.7 Å². The first-order valence-corrected chi connectivity index (χ1v) is 18.2. The highest BCUT2D eigenvalue weighted by molar-refractivity contribution is 6.24. The van der Waals surface area contributed by atoms with E-state index in [0.717, 1.165) is 66.8 Å². The summed E-state index contributed by atoms with van der Waals surface area (Å²) in [6, 6.07) is 67.1. The lowest BCUT2D eigenvalue weighted by atomic mass is 9.83. The highest BCUT2D eigenvalue weighted by atomic mass is 16.3. The zero-order valence-corrected chi connectivity index (χ0v) is 28.8. The third-order valence-electron chi connectivity index (χ3n) is 10.9. The van der Waals surface area contributed by atoms with Crippen molar-refractivity contribution in [2.45, 2.75) is 5.92 Å². The first-order valence-electron chi connectivity index (χ1n) is 18.2. The maximum absolute atomic E-state index is 7.03. The number of furan rings is 1. The van der Waals surface area contributed by atoms with Crippen LogP contribution in [-0.2, 0) is 0 Å². The summed E-state index contributed by atoms with van der Waals surface area (Å²) in [5.41, 5.74) is 15.2. The normalized spacial score (nSPS) is 14.0. The largest absolute Gasteiger partial charge is 0.455 e. The number of rotatable bonds is 5. The molecule has 1 aliphatic heterocycles. The molecule has 10 aromatic rings. The lowest BCUT2D eigenvalue weighted by molar-refractivity contribution is 0.670. The number of fused-ring (bicyclic) bond motifs is 7. The van der Waals surface area contributed by atoms with E-state index in [1.165, 1.54) is 32.9 Å². The van der Waals surface area contributed by atoms with Crippen LogP contribution in [0.1, 0.15) is 22.6 Å². The van der Waals surface area contributed by atoms with Crippen molar-refractivity contribution >= 4 is 55.1 Å². The summed E-state index contributed by atoms with van der Waals surface area (Å²) >= 11 is 0. The van der Waals surface area contributed by atoms with Crippen LogP contribution >= 0.6 is 0 Å². The van der Waals surface area contributed by atoms with E-state index in [0.29, 0.717) is 0 Å². The Morgan fingerprint density at radius 1 is 0.472 bits per heavy atom. The smallest absolute Gasteiger partial charge is 0.143 e. The second-order valence-electron chi connectivity index (χ2n) is 13.9. The third kappa shape index (κ3) is 4.64. The van der Waals surface area contributed by atoms with Gasteiger partial charge in [-0.2, -0.15) is 0 Å². The molecule has 0 spiro atoms. The van der Waals surface area contributed by atoms with Gasteiger partial charge in [0.15, 0.2) is 0 Å². The number of aliphatic imine (C=N–C) groups is 1. The number of para-hydroxylation sites is 4. The van der Waals surface area contributed by atoms with Crippen molar-refractivity contribution in [1.82, 2.24) is 4.57 Å². The molecule has 0 saturated heterocycles. The maximum Gasteiger partial charge on any atom is 0.143 e. The number of benzene rings is 8. The Morgan fingerprint density at radius 2 is 1.11 bits per heavy atom. The molecule has 0 bridgehead atoms. The van der Waals surface area contributed by atoms with Crippen molar-refractivity contribution in [2.75, 3.05) is 0 Å². The van der Waals surface area contributed by atoms with Crippen molar-refractivity contribution in [3.63, 3.8) is 0 Å². The predicted octanol–water partition coefficient (Wildman–Crippen LogP) is 13.3. The van der Waals surface area contributed by atoms with Crippen molar-refractivity contribution in [2.24, 2.45) is 4.99 Å². The van der Waals surface area contributed by atoms with Crippen LogP contribution in [0.2, 0.25) is 0 Å². The summed E-state index contributed by atoms with van der Waals surface area (Å²) < 4.78 is 9.40. The topological polar surface area (TPSA) is 30.4 Å². The Kier molecular flexibility index (Phi) is 6.62. The number of hydrogen-bond donors (Lipinski definition) is 0. The van der Waals surface area contributed by atoms with Crippen LogP contribution in [0, 0.1) is 0 Å². The van der Waals surface area contributed by atoms with Gasteiger partial charge < -0.3 is 8.98 Å². The van der Waals surface area contributed by atoms with E-state index in [-0.39, 0.29) is 5.92 Å². The van der Waals surface area contributed by atoms with Crippen LogP contribution in [0.3, 0.4) is 0 Å². The van der Waals surface area contributed by atoms with E-state index in [2.05, 4.69) is 193 Å². The van der Waals surface area contributed by atoms with Gasteiger partial charge in [0.05, 0.1) is 28.4 Å². The van der Waals surface area contributed by atoms with Gasteiger partial charge >= 0.3 is 0 Å². The molecule has 1 aliphatic rings. The molecule has 0 aliphatic carbocycles. The molecule has 1 atom stereocenters. The van der Waals surface area contributed by atoms with Crippen LogP contribution < -0.4 is 0 Å². The van der Waals surface area contributed by atoms with Crippen molar-refractivity contribution in [1.29, 1.82) is 0 Å². The Labute approximate surface area is 306 Å². The van der Waals surface area contributed by atoms with Crippen LogP contribution in [0.15, 0.2) is 197 Å². The van der Waals surface area contributed by atoms with Gasteiger partial charge in [0.2, 0.25) is 0 Å². The molecular formula is C50H32N2O. The monoisotopic (exact) mass is 676 g/mol. The average Bonchev–Trinajstić information content (AvgIpc) is 3.91. The van der Waals surface area contributed by atoms with Gasteiger partial charge in [0, 0.05) is 38.4 Å². The van der Waals surface area contributed by atoms with Gasteiger partial charge in [-0.15, -0.1) is 0 Å². The van der Waals surface area contributed by atoms with Crippen LogP contribution in [0.4, 0.5) is 5.69 Å². The van der Waals surface area contributed by atoms with Crippen molar-refractivity contribution in [3.8, 4) is 27.9 Å². The molecule has 3 nitrogen and oxygen atoms in total. The molecule has 8 aromatic carbocycles. The molecular weight excluding hydrogens is 645 g/mol. The SMILES string of the molecule is c1ccc(-c2cc(C3=Nc4ccccc4[C@@H]3c3ccccc3)c3c(c2)oc2c(-c4cccc(-n5c6ccccc6c6ccccc65)c4)cccc23)cc1. The predicted molar refractivity (Wildman–Crippen MR) is 220 cm³/mol. The first-order chi connectivity index (χ1) is 26.3. The lowest BCUT2D eigenvalue weighted by Gasteiger charge is -2.17. The second kappa shape index (κ2) is 11.8. The third-order valence-corrected chi connectivity index (χ3v) is 10.9. The summed E-state index contributed by atoms with van der Waals surface area (Å²) in [5.74, 6) is -0.00217. The fraction of sp³-hybridized carbons (Fsp3) is 0.0200. The maximum atomic E-state index is 7.03. The van der Waals surface area contributed by atoms with Gasteiger partial charge in [-0.1, -0.05) is 146 Å². The quantitative estimate of drug-likeness (QED) is 0.178. The van der Waals surface area contributed by atoms with Crippen LogP contribution in [0.5, 0.6) is 0 Å². The van der Waals surface area contributed by atoms with Crippen molar-refractivity contribution < 1.29 is 4.42 Å². The molecule has 3 heterocycles. The highest BCUT2D eigenvalue weighted by Crippen LogP contribution is 2.46. The highest BCUT2D eigenvalue weighted by Gasteiger charge is 2.32. The van der Waals surface area contributed by atoms with E-state index >= 15 is 0 Å². The lowest BCUT2D eigenvalue weighted by Crippen LogP contribution is -2.12. The van der Waals surface area contributed by atoms with E-state index in [4.69, 9.17) is 9.41 Å². The average molecular weight is 677 g/mol. The zero-order valence-electron chi connectivity index (χ0n) is 28.8. The summed E-state index contributed by atoms with van der Waals surface area (Å²) in [5, 5.41) is 4.67. The fourth-order valence-electron chi connectivity index (χ4n) is 8.54. The van der Waals surface area contributed by atoms with Gasteiger partial charge in [-0.25, -0.2) is 0 Å². The number of nitrogens with zero attached hydrogens (tertiary/aromatic N) is 2. The van der Waals surface area contributed by atoms with E-state index in [9.17, 15) is 0 Å². The minimum Gasteiger partial charge on any atom is -0.455 e. The molecule has 11 rings (SSSR count). The van der Waals surface area contributed by atoms with E-state index in [1.54, 1.807) is 0 Å². The molecule has 3 heteroatoms. The van der Waals surface area contributed by atoms with E-state index < -0.39 is 0 Å². The summed E-state index contributed by atoms with van der Waals surface area (Å²) in [6.45, 7) is 0. The fourth-order valence-corrected chi connectivity index (χ4v) is 8.54. The second-order valence-corrected chi connectivity index (χ2v) is 13.9. The summed E-state index contributed by atoms with van der Waals surface area (Å²) in [4.78, 5) is 5.39. The van der Waals surface area contributed by atoms with Gasteiger partial charge in [0.1, 0.15) is 11.2 Å². The summed E-state index contributed by atoms with van der Waals surface area (Å²) in [7, 11) is 0. The van der Waals surface area contributed by atoms with Gasteiger partial charge in [-0.05, 0) is 70.3 Å². The molecule has 53 heavy (non-hydrogen) atoms. The molecule has 0 fully saturated rings. The molecule has 0 N–H and O–H groups in total. The minimum atomic E-state index is -0.00217.